The van der Waals surface area contributed by atoms with Crippen LogP contribution in [0.3, 0.4) is 0 Å². The summed E-state index contributed by atoms with van der Waals surface area (Å²) in [7, 11) is 0. The Morgan fingerprint density at radius 1 is 1.21 bits per heavy atom. The van der Waals surface area contributed by atoms with Gasteiger partial charge >= 0.3 is 0 Å². The molecule has 1 unspecified atom stereocenters. The third-order valence-electron chi connectivity index (χ3n) is 3.92. The molecule has 24 heavy (non-hydrogen) atoms. The van der Waals surface area contributed by atoms with E-state index in [0.29, 0.717) is 12.0 Å². The molecule has 0 aliphatic heterocycles. The molecule has 1 amide bonds. The van der Waals surface area contributed by atoms with E-state index in [0.717, 1.165) is 16.5 Å². The third kappa shape index (κ3) is 3.27. The maximum absolute atomic E-state index is 12.2. The van der Waals surface area contributed by atoms with Crippen molar-refractivity contribution in [1.82, 2.24) is 10.3 Å². The topological polar surface area (TPSA) is 88.0 Å². The molecule has 0 saturated heterocycles. The summed E-state index contributed by atoms with van der Waals surface area (Å²) in [4.78, 5) is 25.6. The molecule has 3 rings (SSSR count). The number of carbonyl (C=O) groups is 1. The van der Waals surface area contributed by atoms with Gasteiger partial charge in [0.15, 0.2) is 0 Å². The number of nitro groups is 1. The molecule has 6 heteroatoms. The van der Waals surface area contributed by atoms with Crippen molar-refractivity contribution in [3.05, 3.63) is 76.0 Å². The monoisotopic (exact) mass is 323 g/mol. The zero-order valence-electron chi connectivity index (χ0n) is 13.2. The maximum Gasteiger partial charge on any atom is 0.269 e. The number of para-hydroxylation sites is 1. The maximum atomic E-state index is 12.2. The standard InChI is InChI=1S/C18H17N3O3/c1-12(10-14-11-19-17-5-3-2-4-16(14)17)20-18(22)13-6-8-15(9-7-13)21(23)24/h2-9,11-12,19H,10H2,1H3,(H,20,22). The summed E-state index contributed by atoms with van der Waals surface area (Å²) in [5, 5.41) is 14.7. The van der Waals surface area contributed by atoms with Gasteiger partial charge in [0.05, 0.1) is 4.92 Å². The van der Waals surface area contributed by atoms with Gasteiger partial charge in [-0.2, -0.15) is 0 Å². The molecule has 0 radical (unpaired) electrons. The fraction of sp³-hybridized carbons (Fsp3) is 0.167. The van der Waals surface area contributed by atoms with Crippen molar-refractivity contribution < 1.29 is 9.72 Å². The van der Waals surface area contributed by atoms with E-state index in [2.05, 4.69) is 10.3 Å². The van der Waals surface area contributed by atoms with Gasteiger partial charge in [-0.15, -0.1) is 0 Å². The molecule has 0 saturated carbocycles. The van der Waals surface area contributed by atoms with Crippen LogP contribution in [0, 0.1) is 10.1 Å². The van der Waals surface area contributed by atoms with Gasteiger partial charge in [0.1, 0.15) is 0 Å². The summed E-state index contributed by atoms with van der Waals surface area (Å²) >= 11 is 0. The number of nitrogens with one attached hydrogen (secondary N) is 2. The van der Waals surface area contributed by atoms with Crippen LogP contribution in [0.5, 0.6) is 0 Å². The number of H-pyrrole nitrogens is 1. The fourth-order valence-electron chi connectivity index (χ4n) is 2.72. The van der Waals surface area contributed by atoms with Gasteiger partial charge in [-0.25, -0.2) is 0 Å². The van der Waals surface area contributed by atoms with E-state index in [1.165, 1.54) is 24.3 Å². The number of hydrogen-bond acceptors (Lipinski definition) is 3. The van der Waals surface area contributed by atoms with Crippen LogP contribution in [0.4, 0.5) is 5.69 Å². The number of aromatic nitrogens is 1. The highest BCUT2D eigenvalue weighted by Crippen LogP contribution is 2.19. The van der Waals surface area contributed by atoms with Gasteiger partial charge in [0.2, 0.25) is 0 Å². The number of nitro benzene ring substituents is 1. The molecule has 0 aliphatic rings. The Morgan fingerprint density at radius 3 is 2.62 bits per heavy atom. The Bertz CT molecular complexity index is 884. The molecule has 0 fully saturated rings. The minimum Gasteiger partial charge on any atom is -0.361 e. The summed E-state index contributed by atoms with van der Waals surface area (Å²) in [5.41, 5.74) is 2.59. The van der Waals surface area contributed by atoms with Crippen LogP contribution in [0.25, 0.3) is 10.9 Å². The average Bonchev–Trinajstić information content (AvgIpc) is 2.98. The number of hydrogen-bond donors (Lipinski definition) is 2. The van der Waals surface area contributed by atoms with Crippen LogP contribution < -0.4 is 5.32 Å². The third-order valence-corrected chi connectivity index (χ3v) is 3.92. The van der Waals surface area contributed by atoms with Gasteiger partial charge in [0, 0.05) is 40.8 Å². The second-order valence-corrected chi connectivity index (χ2v) is 5.74. The SMILES string of the molecule is CC(Cc1c[nH]c2ccccc12)NC(=O)c1ccc([N+](=O)[O-])cc1. The average molecular weight is 323 g/mol. The van der Waals surface area contributed by atoms with Gasteiger partial charge in [-0.1, -0.05) is 18.2 Å². The van der Waals surface area contributed by atoms with E-state index in [-0.39, 0.29) is 17.6 Å². The summed E-state index contributed by atoms with van der Waals surface area (Å²) < 4.78 is 0. The zero-order valence-corrected chi connectivity index (χ0v) is 13.2. The lowest BCUT2D eigenvalue weighted by molar-refractivity contribution is -0.384. The molecule has 0 aliphatic carbocycles. The molecule has 0 bridgehead atoms. The largest absolute Gasteiger partial charge is 0.361 e. The Morgan fingerprint density at radius 2 is 1.92 bits per heavy atom. The minimum atomic E-state index is -0.485. The first-order valence-electron chi connectivity index (χ1n) is 7.65. The Kier molecular flexibility index (Phi) is 4.29. The highest BCUT2D eigenvalue weighted by Gasteiger charge is 2.13. The molecule has 2 N–H and O–H groups in total. The van der Waals surface area contributed by atoms with Crippen molar-refractivity contribution in [1.29, 1.82) is 0 Å². The summed E-state index contributed by atoms with van der Waals surface area (Å²) in [6, 6.07) is 13.6. The second kappa shape index (κ2) is 6.54. The Labute approximate surface area is 138 Å². The normalized spacial score (nSPS) is 12.0. The first-order chi connectivity index (χ1) is 11.5. The highest BCUT2D eigenvalue weighted by atomic mass is 16.6. The summed E-state index contributed by atoms with van der Waals surface area (Å²) in [6.45, 7) is 1.94. The number of aromatic amines is 1. The fourth-order valence-corrected chi connectivity index (χ4v) is 2.72. The summed E-state index contributed by atoms with van der Waals surface area (Å²) in [6.07, 6.45) is 2.65. The van der Waals surface area contributed by atoms with E-state index in [1.54, 1.807) is 0 Å². The van der Waals surface area contributed by atoms with Crippen LogP contribution in [-0.2, 0) is 6.42 Å². The molecular weight excluding hydrogens is 306 g/mol. The molecule has 6 nitrogen and oxygen atoms in total. The number of non-ortho nitro benzene ring substituents is 1. The first kappa shape index (κ1) is 15.7. The molecule has 0 spiro atoms. The number of nitrogens with zero attached hydrogens (tertiary/aromatic N) is 1. The van der Waals surface area contributed by atoms with Crippen LogP contribution in [-0.4, -0.2) is 21.9 Å². The van der Waals surface area contributed by atoms with E-state index >= 15 is 0 Å². The van der Waals surface area contributed by atoms with Crippen molar-refractivity contribution in [2.45, 2.75) is 19.4 Å². The lowest BCUT2D eigenvalue weighted by Gasteiger charge is -2.13. The van der Waals surface area contributed by atoms with Crippen LogP contribution in [0.15, 0.2) is 54.7 Å². The van der Waals surface area contributed by atoms with Gasteiger partial charge < -0.3 is 10.3 Å². The van der Waals surface area contributed by atoms with Crippen LogP contribution in [0.1, 0.15) is 22.8 Å². The number of benzene rings is 2. The number of carbonyl (C=O) groups excluding carboxylic acids is 1. The van der Waals surface area contributed by atoms with E-state index in [4.69, 9.17) is 0 Å². The Balaban J connectivity index is 1.66. The molecule has 1 heterocycles. The lowest BCUT2D eigenvalue weighted by Crippen LogP contribution is -2.34. The lowest BCUT2D eigenvalue weighted by atomic mass is 10.1. The minimum absolute atomic E-state index is 0.0293. The molecule has 1 aromatic heterocycles. The molecule has 2 aromatic carbocycles. The van der Waals surface area contributed by atoms with Crippen molar-refractivity contribution >= 4 is 22.5 Å². The van der Waals surface area contributed by atoms with Gasteiger partial charge in [-0.3, -0.25) is 14.9 Å². The smallest absolute Gasteiger partial charge is 0.269 e. The highest BCUT2D eigenvalue weighted by molar-refractivity contribution is 5.94. The molecule has 3 aromatic rings. The van der Waals surface area contributed by atoms with E-state index in [9.17, 15) is 14.9 Å². The van der Waals surface area contributed by atoms with E-state index in [1.807, 2.05) is 37.4 Å². The second-order valence-electron chi connectivity index (χ2n) is 5.74. The Hall–Kier alpha value is -3.15. The number of rotatable bonds is 5. The van der Waals surface area contributed by atoms with Crippen molar-refractivity contribution in [3.8, 4) is 0 Å². The van der Waals surface area contributed by atoms with E-state index < -0.39 is 4.92 Å². The molecule has 1 atom stereocenters. The number of fused-ring (bicyclic) bond motifs is 1. The van der Waals surface area contributed by atoms with Crippen molar-refractivity contribution in [3.63, 3.8) is 0 Å². The van der Waals surface area contributed by atoms with Crippen molar-refractivity contribution in [2.24, 2.45) is 0 Å². The predicted octanol–water partition coefficient (Wildman–Crippen LogP) is 3.44. The zero-order chi connectivity index (χ0) is 17.1. The summed E-state index contributed by atoms with van der Waals surface area (Å²) in [5.74, 6) is -0.239. The van der Waals surface area contributed by atoms with Crippen molar-refractivity contribution in [2.75, 3.05) is 0 Å². The van der Waals surface area contributed by atoms with Gasteiger partial charge in [-0.05, 0) is 37.1 Å². The van der Waals surface area contributed by atoms with Crippen LogP contribution in [0.2, 0.25) is 0 Å². The quantitative estimate of drug-likeness (QED) is 0.557. The number of amides is 1. The van der Waals surface area contributed by atoms with Gasteiger partial charge in [0.25, 0.3) is 11.6 Å². The molecule has 122 valence electrons. The first-order valence-corrected chi connectivity index (χ1v) is 7.65. The van der Waals surface area contributed by atoms with Crippen LogP contribution >= 0.6 is 0 Å². The molecular formula is C18H17N3O3. The predicted molar refractivity (Wildman–Crippen MR) is 92.0 cm³/mol.